The highest BCUT2D eigenvalue weighted by molar-refractivity contribution is 5.95. The molecule has 5 heteroatoms. The molecule has 1 fully saturated rings. The standard InChI is InChI=1S/C16H25N3O2/c1-11-10-19(8-5-9-21-11)13(3)16(20)18-15-7-4-6-14(17)12(15)2/h4,6-7,11,13H,5,8-10,17H2,1-3H3,(H,18,20). The van der Waals surface area contributed by atoms with Crippen LogP contribution in [-0.2, 0) is 9.53 Å². The lowest BCUT2D eigenvalue weighted by Crippen LogP contribution is -2.44. The lowest BCUT2D eigenvalue weighted by atomic mass is 10.1. The van der Waals surface area contributed by atoms with Gasteiger partial charge >= 0.3 is 0 Å². The minimum atomic E-state index is -0.185. The molecule has 0 saturated carbocycles. The smallest absolute Gasteiger partial charge is 0.241 e. The molecule has 21 heavy (non-hydrogen) atoms. The maximum Gasteiger partial charge on any atom is 0.241 e. The molecule has 2 unspecified atom stereocenters. The second-order valence-corrected chi connectivity index (χ2v) is 5.71. The third-order valence-electron chi connectivity index (χ3n) is 4.04. The van der Waals surface area contributed by atoms with Crippen LogP contribution in [0, 0.1) is 6.92 Å². The Kier molecular flexibility index (Phi) is 5.20. The monoisotopic (exact) mass is 291 g/mol. The van der Waals surface area contributed by atoms with Crippen LogP contribution in [-0.4, -0.2) is 42.6 Å². The van der Waals surface area contributed by atoms with Crippen LogP contribution in [0.15, 0.2) is 18.2 Å². The first kappa shape index (κ1) is 15.8. The lowest BCUT2D eigenvalue weighted by Gasteiger charge is -2.28. The van der Waals surface area contributed by atoms with Gasteiger partial charge in [-0.25, -0.2) is 0 Å². The normalized spacial score (nSPS) is 21.6. The number of nitrogens with zero attached hydrogens (tertiary/aromatic N) is 1. The van der Waals surface area contributed by atoms with Crippen LogP contribution in [0.5, 0.6) is 0 Å². The van der Waals surface area contributed by atoms with Crippen molar-refractivity contribution >= 4 is 17.3 Å². The van der Waals surface area contributed by atoms with Gasteiger partial charge in [-0.3, -0.25) is 9.69 Å². The summed E-state index contributed by atoms with van der Waals surface area (Å²) >= 11 is 0. The van der Waals surface area contributed by atoms with Gasteiger partial charge in [0, 0.05) is 31.1 Å². The number of ether oxygens (including phenoxy) is 1. The van der Waals surface area contributed by atoms with Gasteiger partial charge in [0.15, 0.2) is 0 Å². The summed E-state index contributed by atoms with van der Waals surface area (Å²) in [6.07, 6.45) is 1.12. The molecule has 2 rings (SSSR count). The Balaban J connectivity index is 2.03. The summed E-state index contributed by atoms with van der Waals surface area (Å²) in [5, 5.41) is 2.98. The number of benzene rings is 1. The van der Waals surface area contributed by atoms with Gasteiger partial charge in [0.1, 0.15) is 0 Å². The number of nitrogens with two attached hydrogens (primary N) is 1. The van der Waals surface area contributed by atoms with Crippen molar-refractivity contribution in [2.45, 2.75) is 39.3 Å². The van der Waals surface area contributed by atoms with Crippen molar-refractivity contribution in [2.75, 3.05) is 30.7 Å². The van der Waals surface area contributed by atoms with Crippen molar-refractivity contribution in [3.05, 3.63) is 23.8 Å². The van der Waals surface area contributed by atoms with E-state index in [1.807, 2.05) is 39.0 Å². The molecule has 5 nitrogen and oxygen atoms in total. The predicted molar refractivity (Wildman–Crippen MR) is 85.3 cm³/mol. The maximum atomic E-state index is 12.5. The summed E-state index contributed by atoms with van der Waals surface area (Å²) < 4.78 is 5.63. The number of carbonyl (C=O) groups is 1. The molecule has 1 aromatic rings. The van der Waals surface area contributed by atoms with Crippen LogP contribution < -0.4 is 11.1 Å². The minimum Gasteiger partial charge on any atom is -0.398 e. The molecule has 0 aliphatic carbocycles. The van der Waals surface area contributed by atoms with E-state index in [1.165, 1.54) is 0 Å². The largest absolute Gasteiger partial charge is 0.398 e. The maximum absolute atomic E-state index is 12.5. The Morgan fingerprint density at radius 3 is 3.05 bits per heavy atom. The fourth-order valence-electron chi connectivity index (χ4n) is 2.57. The number of hydrogen-bond acceptors (Lipinski definition) is 4. The molecule has 116 valence electrons. The highest BCUT2D eigenvalue weighted by Gasteiger charge is 2.25. The Hall–Kier alpha value is -1.59. The Bertz CT molecular complexity index is 504. The first-order valence-corrected chi connectivity index (χ1v) is 7.50. The molecule has 1 aromatic carbocycles. The highest BCUT2D eigenvalue weighted by atomic mass is 16.5. The molecular weight excluding hydrogens is 266 g/mol. The van der Waals surface area contributed by atoms with Crippen LogP contribution in [0.2, 0.25) is 0 Å². The van der Waals surface area contributed by atoms with Crippen molar-refractivity contribution in [1.29, 1.82) is 0 Å². The van der Waals surface area contributed by atoms with Gasteiger partial charge < -0.3 is 15.8 Å². The van der Waals surface area contributed by atoms with Crippen LogP contribution in [0.1, 0.15) is 25.8 Å². The summed E-state index contributed by atoms with van der Waals surface area (Å²) in [5.74, 6) is -0.00204. The number of hydrogen-bond donors (Lipinski definition) is 2. The quantitative estimate of drug-likeness (QED) is 0.836. The summed E-state index contributed by atoms with van der Waals surface area (Å²) in [6, 6.07) is 5.38. The van der Waals surface area contributed by atoms with Crippen molar-refractivity contribution < 1.29 is 9.53 Å². The van der Waals surface area contributed by atoms with E-state index in [4.69, 9.17) is 10.5 Å². The van der Waals surface area contributed by atoms with Gasteiger partial charge in [-0.05, 0) is 44.9 Å². The van der Waals surface area contributed by atoms with Crippen molar-refractivity contribution in [2.24, 2.45) is 0 Å². The topological polar surface area (TPSA) is 67.6 Å². The number of nitrogen functional groups attached to an aromatic ring is 1. The number of anilines is 2. The van der Waals surface area contributed by atoms with Gasteiger partial charge in [-0.1, -0.05) is 6.07 Å². The summed E-state index contributed by atoms with van der Waals surface area (Å²) in [6.45, 7) is 8.33. The van der Waals surface area contributed by atoms with Gasteiger partial charge in [-0.2, -0.15) is 0 Å². The predicted octanol–water partition coefficient (Wildman–Crippen LogP) is 2.02. The van der Waals surface area contributed by atoms with E-state index in [-0.39, 0.29) is 18.1 Å². The SMILES string of the molecule is Cc1c(N)cccc1NC(=O)C(C)N1CCCOC(C)C1. The van der Waals surface area contributed by atoms with Crippen molar-refractivity contribution in [3.63, 3.8) is 0 Å². The molecule has 0 aromatic heterocycles. The van der Waals surface area contributed by atoms with E-state index in [2.05, 4.69) is 10.2 Å². The third kappa shape index (κ3) is 3.95. The zero-order chi connectivity index (χ0) is 15.4. The van der Waals surface area contributed by atoms with E-state index >= 15 is 0 Å². The number of carbonyl (C=O) groups excluding carboxylic acids is 1. The van der Waals surface area contributed by atoms with Crippen molar-refractivity contribution in [1.82, 2.24) is 4.90 Å². The molecule has 0 bridgehead atoms. The highest BCUT2D eigenvalue weighted by Crippen LogP contribution is 2.21. The molecule has 1 heterocycles. The average molecular weight is 291 g/mol. The third-order valence-corrected chi connectivity index (χ3v) is 4.04. The zero-order valence-corrected chi connectivity index (χ0v) is 13.1. The molecule has 3 N–H and O–H groups in total. The van der Waals surface area contributed by atoms with Crippen LogP contribution >= 0.6 is 0 Å². The van der Waals surface area contributed by atoms with E-state index < -0.39 is 0 Å². The van der Waals surface area contributed by atoms with Gasteiger partial charge in [0.25, 0.3) is 0 Å². The van der Waals surface area contributed by atoms with E-state index in [0.29, 0.717) is 5.69 Å². The molecule has 2 atom stereocenters. The molecule has 1 aliphatic heterocycles. The molecule has 0 spiro atoms. The van der Waals surface area contributed by atoms with Gasteiger partial charge in [-0.15, -0.1) is 0 Å². The van der Waals surface area contributed by atoms with E-state index in [0.717, 1.165) is 37.4 Å². The van der Waals surface area contributed by atoms with E-state index in [1.54, 1.807) is 0 Å². The second kappa shape index (κ2) is 6.91. The van der Waals surface area contributed by atoms with E-state index in [9.17, 15) is 4.79 Å². The van der Waals surface area contributed by atoms with Crippen LogP contribution in [0.25, 0.3) is 0 Å². The number of nitrogens with one attached hydrogen (secondary N) is 1. The van der Waals surface area contributed by atoms with Crippen LogP contribution in [0.4, 0.5) is 11.4 Å². The molecule has 1 aliphatic rings. The Morgan fingerprint density at radius 2 is 2.29 bits per heavy atom. The summed E-state index contributed by atoms with van der Waals surface area (Å²) in [4.78, 5) is 14.6. The number of rotatable bonds is 3. The second-order valence-electron chi connectivity index (χ2n) is 5.71. The zero-order valence-electron chi connectivity index (χ0n) is 13.1. The summed E-state index contributed by atoms with van der Waals surface area (Å²) in [7, 11) is 0. The van der Waals surface area contributed by atoms with Gasteiger partial charge in [0.05, 0.1) is 12.1 Å². The fraction of sp³-hybridized carbons (Fsp3) is 0.562. The molecule has 0 radical (unpaired) electrons. The Labute approximate surface area is 126 Å². The molecular formula is C16H25N3O2. The minimum absolute atomic E-state index is 0.00204. The first-order valence-electron chi connectivity index (χ1n) is 7.50. The lowest BCUT2D eigenvalue weighted by molar-refractivity contribution is -0.121. The van der Waals surface area contributed by atoms with Crippen LogP contribution in [0.3, 0.4) is 0 Å². The first-order chi connectivity index (χ1) is 9.99. The molecule has 1 amide bonds. The fourth-order valence-corrected chi connectivity index (χ4v) is 2.57. The Morgan fingerprint density at radius 1 is 1.52 bits per heavy atom. The average Bonchev–Trinajstić information content (AvgIpc) is 2.67. The van der Waals surface area contributed by atoms with Crippen molar-refractivity contribution in [3.8, 4) is 0 Å². The van der Waals surface area contributed by atoms with Gasteiger partial charge in [0.2, 0.25) is 5.91 Å². The number of amides is 1. The summed E-state index contributed by atoms with van der Waals surface area (Å²) in [5.41, 5.74) is 8.26. The molecule has 1 saturated heterocycles.